The number of carbonyl (C=O) groups excluding carboxylic acids is 2. The van der Waals surface area contributed by atoms with Crippen LogP contribution in [-0.2, 0) is 22.6 Å². The van der Waals surface area contributed by atoms with Crippen LogP contribution in [-0.4, -0.2) is 40.3 Å². The molecular weight excluding hydrogens is 444 g/mol. The maximum atomic E-state index is 11.9. The Morgan fingerprint density at radius 2 is 1.94 bits per heavy atom. The standard InChI is InChI=1S/C26H28N6O3/c1-5-24(34)28-18-7-6-8-19(13-18)29-25-16(2)14-27-26(31-25)30-22-9-10-23(35-4)21-15-32(17(3)33)12-11-20(21)22/h5-10,13-14H,1,11-12,15H2,2-4H3,(H,28,34)(H2,27,29,30,31). The van der Waals surface area contributed by atoms with Gasteiger partial charge in [-0.2, -0.15) is 4.98 Å². The van der Waals surface area contributed by atoms with Crippen molar-refractivity contribution in [1.82, 2.24) is 14.9 Å². The molecule has 180 valence electrons. The highest BCUT2D eigenvalue weighted by atomic mass is 16.5. The molecule has 4 rings (SSSR count). The largest absolute Gasteiger partial charge is 0.496 e. The summed E-state index contributed by atoms with van der Waals surface area (Å²) in [6.45, 7) is 8.12. The van der Waals surface area contributed by atoms with Gasteiger partial charge in [0.1, 0.15) is 11.6 Å². The number of hydrogen-bond acceptors (Lipinski definition) is 7. The molecule has 35 heavy (non-hydrogen) atoms. The number of anilines is 5. The van der Waals surface area contributed by atoms with Crippen LogP contribution < -0.4 is 20.7 Å². The number of aryl methyl sites for hydroxylation is 1. The topological polar surface area (TPSA) is 108 Å². The maximum Gasteiger partial charge on any atom is 0.247 e. The van der Waals surface area contributed by atoms with Crippen molar-refractivity contribution in [3.63, 3.8) is 0 Å². The van der Waals surface area contributed by atoms with Crippen LogP contribution in [0, 0.1) is 6.92 Å². The van der Waals surface area contributed by atoms with E-state index in [0.717, 1.165) is 33.8 Å². The fourth-order valence-electron chi connectivity index (χ4n) is 3.98. The van der Waals surface area contributed by atoms with Gasteiger partial charge in [-0.25, -0.2) is 4.98 Å². The van der Waals surface area contributed by atoms with Crippen molar-refractivity contribution in [3.05, 3.63) is 71.9 Å². The molecule has 0 radical (unpaired) electrons. The molecule has 0 atom stereocenters. The van der Waals surface area contributed by atoms with Crippen molar-refractivity contribution in [2.45, 2.75) is 26.8 Å². The van der Waals surface area contributed by atoms with Crippen LogP contribution in [0.15, 0.2) is 55.3 Å². The highest BCUT2D eigenvalue weighted by molar-refractivity contribution is 5.99. The van der Waals surface area contributed by atoms with Crippen LogP contribution in [0.5, 0.6) is 5.75 Å². The van der Waals surface area contributed by atoms with Crippen molar-refractivity contribution >= 4 is 40.6 Å². The average Bonchev–Trinajstić information content (AvgIpc) is 2.86. The molecule has 0 saturated carbocycles. The number of hydrogen-bond donors (Lipinski definition) is 3. The van der Waals surface area contributed by atoms with Crippen LogP contribution in [0.2, 0.25) is 0 Å². The second kappa shape index (κ2) is 10.3. The first-order valence-electron chi connectivity index (χ1n) is 11.2. The van der Waals surface area contributed by atoms with Crippen LogP contribution in [0.1, 0.15) is 23.6 Å². The highest BCUT2D eigenvalue weighted by Crippen LogP contribution is 2.35. The molecule has 2 heterocycles. The van der Waals surface area contributed by atoms with Gasteiger partial charge < -0.3 is 25.6 Å². The Kier molecular flexibility index (Phi) is 6.96. The monoisotopic (exact) mass is 472 g/mol. The Morgan fingerprint density at radius 1 is 1.14 bits per heavy atom. The quantitative estimate of drug-likeness (QED) is 0.440. The van der Waals surface area contributed by atoms with Gasteiger partial charge in [0.2, 0.25) is 17.8 Å². The zero-order valence-corrected chi connectivity index (χ0v) is 20.0. The van der Waals surface area contributed by atoms with Crippen LogP contribution in [0.4, 0.5) is 28.8 Å². The van der Waals surface area contributed by atoms with E-state index in [-0.39, 0.29) is 11.8 Å². The van der Waals surface area contributed by atoms with Crippen molar-refractivity contribution in [2.75, 3.05) is 29.6 Å². The lowest BCUT2D eigenvalue weighted by Crippen LogP contribution is -2.34. The van der Waals surface area contributed by atoms with E-state index in [0.29, 0.717) is 37.0 Å². The minimum absolute atomic E-state index is 0.0433. The van der Waals surface area contributed by atoms with Crippen LogP contribution in [0.3, 0.4) is 0 Å². The van der Waals surface area contributed by atoms with E-state index in [4.69, 9.17) is 4.74 Å². The minimum Gasteiger partial charge on any atom is -0.496 e. The molecule has 0 unspecified atom stereocenters. The molecule has 0 bridgehead atoms. The molecule has 0 spiro atoms. The van der Waals surface area contributed by atoms with E-state index in [1.54, 1.807) is 26.3 Å². The lowest BCUT2D eigenvalue weighted by Gasteiger charge is -2.30. The first-order chi connectivity index (χ1) is 16.9. The highest BCUT2D eigenvalue weighted by Gasteiger charge is 2.24. The van der Waals surface area contributed by atoms with E-state index >= 15 is 0 Å². The molecule has 0 saturated heterocycles. The number of amides is 2. The number of methoxy groups -OCH3 is 1. The minimum atomic E-state index is -0.277. The average molecular weight is 473 g/mol. The van der Waals surface area contributed by atoms with E-state index in [1.807, 2.05) is 42.2 Å². The first-order valence-corrected chi connectivity index (χ1v) is 11.2. The Hall–Kier alpha value is -4.40. The molecule has 2 aromatic carbocycles. The molecule has 1 aromatic heterocycles. The Labute approximate surface area is 204 Å². The Balaban J connectivity index is 1.58. The van der Waals surface area contributed by atoms with Gasteiger partial charge in [0.15, 0.2) is 0 Å². The molecule has 1 aliphatic rings. The molecule has 0 fully saturated rings. The number of benzene rings is 2. The maximum absolute atomic E-state index is 11.9. The second-order valence-corrected chi connectivity index (χ2v) is 8.21. The summed E-state index contributed by atoms with van der Waals surface area (Å²) in [6.07, 6.45) is 3.67. The Bertz CT molecular complexity index is 1290. The van der Waals surface area contributed by atoms with Gasteiger partial charge in [-0.1, -0.05) is 12.6 Å². The van der Waals surface area contributed by atoms with Gasteiger partial charge in [-0.3, -0.25) is 9.59 Å². The van der Waals surface area contributed by atoms with Gasteiger partial charge in [0.05, 0.1) is 7.11 Å². The molecule has 2 amide bonds. The summed E-state index contributed by atoms with van der Waals surface area (Å²) in [5.74, 6) is 1.60. The van der Waals surface area contributed by atoms with Gasteiger partial charge in [-0.15, -0.1) is 0 Å². The summed E-state index contributed by atoms with van der Waals surface area (Å²) in [7, 11) is 1.63. The van der Waals surface area contributed by atoms with E-state index in [1.165, 1.54) is 6.08 Å². The second-order valence-electron chi connectivity index (χ2n) is 8.21. The normalized spacial score (nSPS) is 12.4. The summed E-state index contributed by atoms with van der Waals surface area (Å²) in [5.41, 5.74) is 5.24. The van der Waals surface area contributed by atoms with E-state index < -0.39 is 0 Å². The third-order valence-corrected chi connectivity index (χ3v) is 5.83. The van der Waals surface area contributed by atoms with Crippen molar-refractivity contribution < 1.29 is 14.3 Å². The fraction of sp³-hybridized carbons (Fsp3) is 0.231. The van der Waals surface area contributed by atoms with Gasteiger partial charge >= 0.3 is 0 Å². The summed E-state index contributed by atoms with van der Waals surface area (Å²) in [5, 5.41) is 9.38. The Morgan fingerprint density at radius 3 is 2.69 bits per heavy atom. The molecule has 3 aromatic rings. The van der Waals surface area contributed by atoms with Gasteiger partial charge in [0, 0.05) is 54.4 Å². The number of ether oxygens (including phenoxy) is 1. The predicted octanol–water partition coefficient (Wildman–Crippen LogP) is 4.31. The van der Waals surface area contributed by atoms with Crippen LogP contribution in [0.25, 0.3) is 0 Å². The fourth-order valence-corrected chi connectivity index (χ4v) is 3.98. The molecule has 0 aliphatic carbocycles. The number of rotatable bonds is 7. The first kappa shape index (κ1) is 23.7. The zero-order chi connectivity index (χ0) is 24.9. The molecule has 9 nitrogen and oxygen atoms in total. The number of carbonyl (C=O) groups is 2. The van der Waals surface area contributed by atoms with E-state index in [9.17, 15) is 9.59 Å². The van der Waals surface area contributed by atoms with Crippen molar-refractivity contribution in [1.29, 1.82) is 0 Å². The summed E-state index contributed by atoms with van der Waals surface area (Å²) >= 11 is 0. The molecular formula is C26H28N6O3. The van der Waals surface area contributed by atoms with Crippen LogP contribution >= 0.6 is 0 Å². The van der Waals surface area contributed by atoms with Gasteiger partial charge in [-0.05, 0) is 55.3 Å². The van der Waals surface area contributed by atoms with Crippen molar-refractivity contribution in [2.24, 2.45) is 0 Å². The summed E-state index contributed by atoms with van der Waals surface area (Å²) < 4.78 is 5.55. The predicted molar refractivity (Wildman–Crippen MR) is 136 cm³/mol. The van der Waals surface area contributed by atoms with Crippen molar-refractivity contribution in [3.8, 4) is 5.75 Å². The lowest BCUT2D eigenvalue weighted by atomic mass is 9.96. The number of aromatic nitrogens is 2. The SMILES string of the molecule is C=CC(=O)Nc1cccc(Nc2nc(Nc3ccc(OC)c4c3CCN(C(C)=O)C4)ncc2C)c1. The third-order valence-electron chi connectivity index (χ3n) is 5.83. The molecule has 9 heteroatoms. The van der Waals surface area contributed by atoms with Gasteiger partial charge in [0.25, 0.3) is 0 Å². The number of nitrogens with one attached hydrogen (secondary N) is 3. The zero-order valence-electron chi connectivity index (χ0n) is 20.0. The molecule has 3 N–H and O–H groups in total. The molecule has 1 aliphatic heterocycles. The lowest BCUT2D eigenvalue weighted by molar-refractivity contribution is -0.129. The summed E-state index contributed by atoms with van der Waals surface area (Å²) in [4.78, 5) is 34.5. The third kappa shape index (κ3) is 5.40. The number of nitrogens with zero attached hydrogens (tertiary/aromatic N) is 3. The summed E-state index contributed by atoms with van der Waals surface area (Å²) in [6, 6.07) is 11.2. The number of fused-ring (bicyclic) bond motifs is 1. The smallest absolute Gasteiger partial charge is 0.247 e. The van der Waals surface area contributed by atoms with E-state index in [2.05, 4.69) is 32.5 Å².